The molecule has 1 N–H and O–H groups in total. The number of carbonyl (C=O) groups is 1. The number of carboxylic acid groups (broad SMARTS) is 1. The fourth-order valence-corrected chi connectivity index (χ4v) is 2.04. The van der Waals surface area contributed by atoms with E-state index in [1.807, 2.05) is 6.92 Å². The minimum absolute atomic E-state index is 0.0317. The Labute approximate surface area is 103 Å². The molecule has 1 aliphatic carbocycles. The number of carboxylic acids is 1. The molecule has 0 bridgehead atoms. The SMILES string of the molecule is Cc1nn(C)cc1-c1nc(C2CC2)c(C(=O)O)o1. The molecule has 6 heteroatoms. The van der Waals surface area contributed by atoms with Gasteiger partial charge in [-0.2, -0.15) is 5.10 Å². The van der Waals surface area contributed by atoms with Crippen LogP contribution in [0.2, 0.25) is 0 Å². The minimum atomic E-state index is -1.06. The van der Waals surface area contributed by atoms with Crippen molar-refractivity contribution in [2.75, 3.05) is 0 Å². The van der Waals surface area contributed by atoms with Crippen LogP contribution < -0.4 is 0 Å². The molecule has 0 unspecified atom stereocenters. The van der Waals surface area contributed by atoms with E-state index in [1.54, 1.807) is 17.9 Å². The Hall–Kier alpha value is -2.11. The van der Waals surface area contributed by atoms with Crippen molar-refractivity contribution in [2.24, 2.45) is 7.05 Å². The van der Waals surface area contributed by atoms with Crippen LogP contribution >= 0.6 is 0 Å². The highest BCUT2D eigenvalue weighted by molar-refractivity contribution is 5.86. The summed E-state index contributed by atoms with van der Waals surface area (Å²) in [6.45, 7) is 1.84. The van der Waals surface area contributed by atoms with Crippen LogP contribution in [0, 0.1) is 6.92 Å². The Morgan fingerprint density at radius 1 is 1.56 bits per heavy atom. The molecule has 1 saturated carbocycles. The Balaban J connectivity index is 2.10. The molecule has 0 atom stereocenters. The molecule has 2 aromatic rings. The lowest BCUT2D eigenvalue weighted by Gasteiger charge is -1.90. The van der Waals surface area contributed by atoms with E-state index in [0.717, 1.165) is 24.1 Å². The second-order valence-electron chi connectivity index (χ2n) is 4.61. The third-order valence-electron chi connectivity index (χ3n) is 3.06. The standard InChI is InChI=1S/C12H13N3O3/c1-6-8(5-15(2)14-6)11-13-9(7-3-4-7)10(18-11)12(16)17/h5,7H,3-4H2,1-2H3,(H,16,17). The zero-order valence-electron chi connectivity index (χ0n) is 10.2. The quantitative estimate of drug-likeness (QED) is 0.896. The molecule has 0 aromatic carbocycles. The molecule has 18 heavy (non-hydrogen) atoms. The van der Waals surface area contributed by atoms with E-state index in [1.165, 1.54) is 0 Å². The average Bonchev–Trinajstić information content (AvgIpc) is 2.95. The summed E-state index contributed by atoms with van der Waals surface area (Å²) >= 11 is 0. The lowest BCUT2D eigenvalue weighted by molar-refractivity contribution is 0.0661. The lowest BCUT2D eigenvalue weighted by Crippen LogP contribution is -1.98. The highest BCUT2D eigenvalue weighted by Crippen LogP contribution is 2.42. The smallest absolute Gasteiger partial charge is 0.373 e. The maximum absolute atomic E-state index is 11.1. The first-order chi connectivity index (χ1) is 8.56. The number of nitrogens with zero attached hydrogens (tertiary/aromatic N) is 3. The van der Waals surface area contributed by atoms with E-state index in [-0.39, 0.29) is 11.7 Å². The molecule has 0 radical (unpaired) electrons. The summed E-state index contributed by atoms with van der Waals surface area (Å²) in [6.07, 6.45) is 3.75. The Morgan fingerprint density at radius 3 is 2.78 bits per heavy atom. The molecule has 0 aliphatic heterocycles. The first-order valence-electron chi connectivity index (χ1n) is 5.81. The molecule has 6 nitrogen and oxygen atoms in total. The van der Waals surface area contributed by atoms with Crippen LogP contribution in [0.1, 0.15) is 40.7 Å². The van der Waals surface area contributed by atoms with Gasteiger partial charge in [-0.1, -0.05) is 0 Å². The van der Waals surface area contributed by atoms with Crippen LogP contribution in [-0.4, -0.2) is 25.8 Å². The van der Waals surface area contributed by atoms with Gasteiger partial charge in [-0.3, -0.25) is 4.68 Å². The Kier molecular flexibility index (Phi) is 2.26. The van der Waals surface area contributed by atoms with Gasteiger partial charge in [0.05, 0.1) is 17.0 Å². The van der Waals surface area contributed by atoms with E-state index in [0.29, 0.717) is 11.6 Å². The third kappa shape index (κ3) is 1.70. The predicted octanol–water partition coefficient (Wildman–Crippen LogP) is 1.96. The van der Waals surface area contributed by atoms with E-state index in [2.05, 4.69) is 10.1 Å². The van der Waals surface area contributed by atoms with Gasteiger partial charge >= 0.3 is 5.97 Å². The highest BCUT2D eigenvalue weighted by Gasteiger charge is 2.34. The summed E-state index contributed by atoms with van der Waals surface area (Å²) < 4.78 is 7.05. The summed E-state index contributed by atoms with van der Waals surface area (Å²) in [5.74, 6) is -0.501. The van der Waals surface area contributed by atoms with Crippen LogP contribution in [-0.2, 0) is 7.05 Å². The first-order valence-corrected chi connectivity index (χ1v) is 5.81. The van der Waals surface area contributed by atoms with Crippen LogP contribution in [0.5, 0.6) is 0 Å². The van der Waals surface area contributed by atoms with E-state index in [9.17, 15) is 4.79 Å². The second kappa shape index (κ2) is 3.69. The Bertz CT molecular complexity index is 623. The molecular weight excluding hydrogens is 234 g/mol. The normalized spacial score (nSPS) is 15.0. The first kappa shape index (κ1) is 11.0. The molecule has 2 heterocycles. The molecule has 2 aromatic heterocycles. The number of hydrogen-bond acceptors (Lipinski definition) is 4. The topological polar surface area (TPSA) is 81.2 Å². The number of aromatic nitrogens is 3. The van der Waals surface area contributed by atoms with Crippen LogP contribution in [0.25, 0.3) is 11.5 Å². The molecule has 0 spiro atoms. The van der Waals surface area contributed by atoms with Crippen molar-refractivity contribution >= 4 is 5.97 Å². The summed E-state index contributed by atoms with van der Waals surface area (Å²) in [6, 6.07) is 0. The van der Waals surface area contributed by atoms with Crippen molar-refractivity contribution in [3.05, 3.63) is 23.3 Å². The molecule has 0 saturated heterocycles. The van der Waals surface area contributed by atoms with E-state index >= 15 is 0 Å². The summed E-state index contributed by atoms with van der Waals surface area (Å²) in [5, 5.41) is 13.3. The summed E-state index contributed by atoms with van der Waals surface area (Å²) in [7, 11) is 1.80. The number of aromatic carboxylic acids is 1. The molecule has 3 rings (SSSR count). The minimum Gasteiger partial charge on any atom is -0.475 e. The molecule has 1 fully saturated rings. The van der Waals surface area contributed by atoms with Crippen LogP contribution in [0.15, 0.2) is 10.6 Å². The van der Waals surface area contributed by atoms with Crippen molar-refractivity contribution in [1.82, 2.24) is 14.8 Å². The van der Waals surface area contributed by atoms with Gasteiger partial charge in [-0.25, -0.2) is 9.78 Å². The second-order valence-corrected chi connectivity index (χ2v) is 4.61. The van der Waals surface area contributed by atoms with Gasteiger partial charge < -0.3 is 9.52 Å². The van der Waals surface area contributed by atoms with Crippen molar-refractivity contribution < 1.29 is 14.3 Å². The van der Waals surface area contributed by atoms with Gasteiger partial charge in [0.2, 0.25) is 11.7 Å². The Morgan fingerprint density at radius 2 is 2.28 bits per heavy atom. The molecule has 0 amide bonds. The largest absolute Gasteiger partial charge is 0.475 e. The monoisotopic (exact) mass is 247 g/mol. The summed E-state index contributed by atoms with van der Waals surface area (Å²) in [4.78, 5) is 15.5. The zero-order chi connectivity index (χ0) is 12.9. The molecular formula is C12H13N3O3. The number of oxazole rings is 1. The van der Waals surface area contributed by atoms with Crippen molar-refractivity contribution in [1.29, 1.82) is 0 Å². The van der Waals surface area contributed by atoms with Gasteiger partial charge in [0, 0.05) is 19.2 Å². The van der Waals surface area contributed by atoms with Crippen molar-refractivity contribution in [2.45, 2.75) is 25.7 Å². The van der Waals surface area contributed by atoms with Crippen molar-refractivity contribution in [3.63, 3.8) is 0 Å². The number of hydrogen-bond donors (Lipinski definition) is 1. The molecule has 94 valence electrons. The summed E-state index contributed by atoms with van der Waals surface area (Å²) in [5.41, 5.74) is 2.09. The van der Waals surface area contributed by atoms with E-state index in [4.69, 9.17) is 9.52 Å². The van der Waals surface area contributed by atoms with Gasteiger partial charge in [0.25, 0.3) is 0 Å². The highest BCUT2D eigenvalue weighted by atomic mass is 16.4. The van der Waals surface area contributed by atoms with Crippen LogP contribution in [0.4, 0.5) is 0 Å². The maximum atomic E-state index is 11.1. The lowest BCUT2D eigenvalue weighted by atomic mass is 10.2. The van der Waals surface area contributed by atoms with Gasteiger partial charge in [0.1, 0.15) is 0 Å². The third-order valence-corrected chi connectivity index (χ3v) is 3.06. The van der Waals surface area contributed by atoms with Crippen LogP contribution in [0.3, 0.4) is 0 Å². The van der Waals surface area contributed by atoms with Gasteiger partial charge in [-0.15, -0.1) is 0 Å². The fraction of sp³-hybridized carbons (Fsp3) is 0.417. The van der Waals surface area contributed by atoms with Gasteiger partial charge in [0.15, 0.2) is 0 Å². The molecule has 1 aliphatic rings. The zero-order valence-corrected chi connectivity index (χ0v) is 10.2. The van der Waals surface area contributed by atoms with Crippen molar-refractivity contribution in [3.8, 4) is 11.5 Å². The number of rotatable bonds is 3. The maximum Gasteiger partial charge on any atom is 0.373 e. The fourth-order valence-electron chi connectivity index (χ4n) is 2.04. The average molecular weight is 247 g/mol. The number of aryl methyl sites for hydroxylation is 2. The van der Waals surface area contributed by atoms with E-state index < -0.39 is 5.97 Å². The predicted molar refractivity (Wildman–Crippen MR) is 62.4 cm³/mol. The van der Waals surface area contributed by atoms with Gasteiger partial charge in [-0.05, 0) is 19.8 Å².